The number of fused-ring (bicyclic) bond motifs is 1. The monoisotopic (exact) mass is 444 g/mol. The summed E-state index contributed by atoms with van der Waals surface area (Å²) >= 11 is 11.9. The number of rotatable bonds is 6. The second-order valence-electron chi connectivity index (χ2n) is 7.27. The summed E-state index contributed by atoms with van der Waals surface area (Å²) < 4.78 is 0. The Kier molecular flexibility index (Phi) is 6.80. The fraction of sp³-hybridized carbons (Fsp3) is 0.227. The molecule has 0 saturated carbocycles. The molecule has 6 nitrogen and oxygen atoms in total. The number of hydrogen-bond donors (Lipinski definition) is 3. The highest BCUT2D eigenvalue weighted by atomic mass is 35.5. The van der Waals surface area contributed by atoms with Crippen molar-refractivity contribution in [3.63, 3.8) is 0 Å². The fourth-order valence-corrected chi connectivity index (χ4v) is 3.39. The van der Waals surface area contributed by atoms with Gasteiger partial charge in [0.05, 0.1) is 16.3 Å². The lowest BCUT2D eigenvalue weighted by molar-refractivity contribution is -0.123. The topological polar surface area (TPSA) is 86.3 Å². The molecule has 0 spiro atoms. The van der Waals surface area contributed by atoms with Crippen LogP contribution in [0.2, 0.25) is 10.0 Å². The number of nitrogens with zero attached hydrogens (tertiary/aromatic N) is 1. The molecule has 3 N–H and O–H groups in total. The highest BCUT2D eigenvalue weighted by molar-refractivity contribution is 6.42. The number of para-hydroxylation sites is 1. The van der Waals surface area contributed by atoms with Crippen molar-refractivity contribution in [2.24, 2.45) is 11.0 Å². The Morgan fingerprint density at radius 1 is 1.10 bits per heavy atom. The third-order valence-corrected chi connectivity index (χ3v) is 5.47. The van der Waals surface area contributed by atoms with E-state index in [0.717, 1.165) is 22.2 Å². The van der Waals surface area contributed by atoms with Crippen LogP contribution >= 0.6 is 23.2 Å². The van der Waals surface area contributed by atoms with Gasteiger partial charge in [0.1, 0.15) is 6.04 Å². The van der Waals surface area contributed by atoms with Crippen molar-refractivity contribution in [1.82, 2.24) is 15.7 Å². The van der Waals surface area contributed by atoms with Crippen LogP contribution in [0.5, 0.6) is 0 Å². The predicted octanol–water partition coefficient (Wildman–Crippen LogP) is 4.69. The lowest BCUT2D eigenvalue weighted by Gasteiger charge is -2.20. The largest absolute Gasteiger partial charge is 0.358 e. The van der Waals surface area contributed by atoms with E-state index < -0.39 is 17.9 Å². The molecule has 30 heavy (non-hydrogen) atoms. The maximum absolute atomic E-state index is 12.7. The van der Waals surface area contributed by atoms with Crippen LogP contribution in [0.15, 0.2) is 47.6 Å². The third-order valence-electron chi connectivity index (χ3n) is 4.73. The molecular formula is C22H22Cl2N4O2. The third kappa shape index (κ3) is 4.83. The fourth-order valence-electron chi connectivity index (χ4n) is 3.09. The van der Waals surface area contributed by atoms with Gasteiger partial charge in [0.15, 0.2) is 0 Å². The number of aryl methyl sites for hydroxylation is 1. The highest BCUT2D eigenvalue weighted by Gasteiger charge is 2.24. The van der Waals surface area contributed by atoms with Crippen LogP contribution < -0.4 is 10.7 Å². The van der Waals surface area contributed by atoms with Gasteiger partial charge in [0.25, 0.3) is 11.8 Å². The number of H-pyrrole nitrogens is 1. The normalized spacial score (nSPS) is 12.5. The number of nitrogens with one attached hydrogen (secondary N) is 3. The average Bonchev–Trinajstić information content (AvgIpc) is 3.03. The first-order valence-corrected chi connectivity index (χ1v) is 10.2. The molecule has 0 aliphatic rings. The Balaban J connectivity index is 1.71. The van der Waals surface area contributed by atoms with E-state index in [2.05, 4.69) is 20.8 Å². The summed E-state index contributed by atoms with van der Waals surface area (Å²) in [5.41, 5.74) is 5.69. The van der Waals surface area contributed by atoms with Gasteiger partial charge in [-0.3, -0.25) is 9.59 Å². The molecule has 1 atom stereocenters. The lowest BCUT2D eigenvalue weighted by Crippen LogP contribution is -2.48. The van der Waals surface area contributed by atoms with Crippen LogP contribution in [0.3, 0.4) is 0 Å². The van der Waals surface area contributed by atoms with Gasteiger partial charge in [-0.15, -0.1) is 0 Å². The van der Waals surface area contributed by atoms with Gasteiger partial charge in [-0.2, -0.15) is 5.10 Å². The minimum atomic E-state index is -0.770. The van der Waals surface area contributed by atoms with E-state index in [4.69, 9.17) is 23.2 Å². The van der Waals surface area contributed by atoms with E-state index in [9.17, 15) is 9.59 Å². The molecule has 0 radical (unpaired) electrons. The molecule has 1 unspecified atom stereocenters. The highest BCUT2D eigenvalue weighted by Crippen LogP contribution is 2.23. The van der Waals surface area contributed by atoms with Crippen LogP contribution in [-0.2, 0) is 4.79 Å². The van der Waals surface area contributed by atoms with E-state index in [1.165, 1.54) is 12.1 Å². The van der Waals surface area contributed by atoms with Gasteiger partial charge in [0.2, 0.25) is 0 Å². The van der Waals surface area contributed by atoms with E-state index in [1.807, 2.05) is 45.0 Å². The Labute approximate surface area is 184 Å². The molecule has 8 heteroatoms. The molecule has 3 aromatic rings. The maximum Gasteiger partial charge on any atom is 0.262 e. The first kappa shape index (κ1) is 21.9. The Morgan fingerprint density at radius 3 is 2.53 bits per heavy atom. The van der Waals surface area contributed by atoms with E-state index in [0.29, 0.717) is 10.6 Å². The van der Waals surface area contributed by atoms with Crippen molar-refractivity contribution < 1.29 is 9.59 Å². The summed E-state index contributed by atoms with van der Waals surface area (Å²) in [6.07, 6.45) is 1.60. The lowest BCUT2D eigenvalue weighted by atomic mass is 10.0. The average molecular weight is 445 g/mol. The smallest absolute Gasteiger partial charge is 0.262 e. The molecular weight excluding hydrogens is 423 g/mol. The minimum absolute atomic E-state index is 0.151. The van der Waals surface area contributed by atoms with Crippen molar-refractivity contribution in [3.05, 3.63) is 69.3 Å². The van der Waals surface area contributed by atoms with Gasteiger partial charge in [-0.05, 0) is 37.1 Å². The minimum Gasteiger partial charge on any atom is -0.358 e. The molecule has 3 rings (SSSR count). The van der Waals surface area contributed by atoms with Crippen molar-refractivity contribution in [2.45, 2.75) is 26.8 Å². The second kappa shape index (κ2) is 9.32. The maximum atomic E-state index is 12.7. The zero-order chi connectivity index (χ0) is 21.8. The zero-order valence-electron chi connectivity index (χ0n) is 16.8. The van der Waals surface area contributed by atoms with Crippen molar-refractivity contribution in [2.75, 3.05) is 0 Å². The number of carbonyl (C=O) groups is 2. The molecule has 0 aliphatic heterocycles. The molecule has 1 aromatic heterocycles. The number of hydrazone groups is 1. The summed E-state index contributed by atoms with van der Waals surface area (Å²) in [6, 6.07) is 11.6. The first-order valence-electron chi connectivity index (χ1n) is 9.44. The Hall–Kier alpha value is -2.83. The number of amides is 2. The molecule has 1 heterocycles. The molecule has 2 amide bonds. The van der Waals surface area contributed by atoms with Crippen LogP contribution in [0.4, 0.5) is 0 Å². The number of aromatic amines is 1. The number of benzene rings is 2. The van der Waals surface area contributed by atoms with E-state index >= 15 is 0 Å². The molecule has 0 aliphatic carbocycles. The summed E-state index contributed by atoms with van der Waals surface area (Å²) in [7, 11) is 0. The van der Waals surface area contributed by atoms with Crippen LogP contribution in [0.1, 0.15) is 35.5 Å². The van der Waals surface area contributed by atoms with Gasteiger partial charge in [-0.1, -0.05) is 55.2 Å². The quantitative estimate of drug-likeness (QED) is 0.380. The number of hydrogen-bond acceptors (Lipinski definition) is 3. The van der Waals surface area contributed by atoms with Crippen molar-refractivity contribution in [1.29, 1.82) is 0 Å². The van der Waals surface area contributed by atoms with Gasteiger partial charge >= 0.3 is 0 Å². The van der Waals surface area contributed by atoms with Crippen molar-refractivity contribution in [3.8, 4) is 0 Å². The number of carbonyl (C=O) groups excluding carboxylic acids is 2. The van der Waals surface area contributed by atoms with E-state index in [1.54, 1.807) is 12.3 Å². The Bertz CT molecular complexity index is 1120. The summed E-state index contributed by atoms with van der Waals surface area (Å²) in [6.45, 7) is 5.62. The zero-order valence-corrected chi connectivity index (χ0v) is 18.3. The van der Waals surface area contributed by atoms with Crippen LogP contribution in [0, 0.1) is 12.8 Å². The van der Waals surface area contributed by atoms with Crippen LogP contribution in [0.25, 0.3) is 10.9 Å². The molecule has 156 valence electrons. The van der Waals surface area contributed by atoms with Gasteiger partial charge in [-0.25, -0.2) is 5.43 Å². The SMILES string of the molecule is Cc1[nH]c2ccccc2c1/C=N/NC(=O)C(NC(=O)c1ccc(Cl)c(Cl)c1)C(C)C. The second-order valence-corrected chi connectivity index (χ2v) is 8.08. The standard InChI is InChI=1S/C22H22Cl2N4O2/c1-12(2)20(27-21(29)14-8-9-17(23)18(24)10-14)22(30)28-25-11-16-13(3)26-19-7-5-4-6-15(16)19/h4-12,20,26H,1-3H3,(H,27,29)(H,28,30)/b25-11+. The van der Waals surface area contributed by atoms with E-state index in [-0.39, 0.29) is 10.9 Å². The molecule has 2 aromatic carbocycles. The summed E-state index contributed by atoms with van der Waals surface area (Å²) in [5.74, 6) is -0.979. The molecule has 0 saturated heterocycles. The molecule has 0 bridgehead atoms. The first-order chi connectivity index (χ1) is 14.3. The van der Waals surface area contributed by atoms with Crippen LogP contribution in [-0.4, -0.2) is 29.1 Å². The van der Waals surface area contributed by atoms with Gasteiger partial charge < -0.3 is 10.3 Å². The van der Waals surface area contributed by atoms with Crippen molar-refractivity contribution >= 4 is 52.1 Å². The predicted molar refractivity (Wildman–Crippen MR) is 121 cm³/mol. The van der Waals surface area contributed by atoms with Gasteiger partial charge in [0, 0.05) is 27.7 Å². The number of aromatic nitrogens is 1. The molecule has 0 fully saturated rings. The number of halogens is 2. The summed E-state index contributed by atoms with van der Waals surface area (Å²) in [5, 5.41) is 8.47. The summed E-state index contributed by atoms with van der Waals surface area (Å²) in [4.78, 5) is 28.5. The Morgan fingerprint density at radius 2 is 1.83 bits per heavy atom.